The first-order valence-corrected chi connectivity index (χ1v) is 4.53. The summed E-state index contributed by atoms with van der Waals surface area (Å²) in [7, 11) is 2.31. The van der Waals surface area contributed by atoms with Gasteiger partial charge in [0.1, 0.15) is 0 Å². The van der Waals surface area contributed by atoms with E-state index < -0.39 is 5.16 Å². The summed E-state index contributed by atoms with van der Waals surface area (Å²) in [4.78, 5) is 2.06. The van der Waals surface area contributed by atoms with Crippen LogP contribution in [-0.4, -0.2) is 29.7 Å². The molecule has 0 aromatic rings. The van der Waals surface area contributed by atoms with Crippen molar-refractivity contribution in [3.8, 4) is 12.1 Å². The van der Waals surface area contributed by atoms with Crippen molar-refractivity contribution in [2.24, 2.45) is 0 Å². The normalized spacial score (nSPS) is 10.8. The third kappa shape index (κ3) is 3.18. The lowest BCUT2D eigenvalue weighted by molar-refractivity contribution is 0.301. The standard InChI is InChI=1S/C8H14N3P/c1-3-11(4-2)7-8(12,5-9)6-10/h3-4,7,12H2,1-2H3. The number of rotatable bonds is 4. The molecule has 0 aliphatic heterocycles. The van der Waals surface area contributed by atoms with Crippen molar-refractivity contribution in [1.29, 1.82) is 10.5 Å². The summed E-state index contributed by atoms with van der Waals surface area (Å²) in [5, 5.41) is 16.5. The summed E-state index contributed by atoms with van der Waals surface area (Å²) >= 11 is 0. The fourth-order valence-electron chi connectivity index (χ4n) is 0.896. The molecule has 4 heteroatoms. The molecule has 12 heavy (non-hydrogen) atoms. The molecule has 0 N–H and O–H groups in total. The number of hydrogen-bond acceptors (Lipinski definition) is 3. The van der Waals surface area contributed by atoms with Gasteiger partial charge < -0.3 is 4.90 Å². The molecule has 0 radical (unpaired) electrons. The Morgan fingerprint density at radius 2 is 1.67 bits per heavy atom. The van der Waals surface area contributed by atoms with Gasteiger partial charge in [0.25, 0.3) is 0 Å². The van der Waals surface area contributed by atoms with Crippen LogP contribution >= 0.6 is 9.24 Å². The van der Waals surface area contributed by atoms with Gasteiger partial charge in [-0.3, -0.25) is 0 Å². The lowest BCUT2D eigenvalue weighted by atomic mass is 10.1. The maximum Gasteiger partial charge on any atom is 0.169 e. The van der Waals surface area contributed by atoms with E-state index in [4.69, 9.17) is 10.5 Å². The van der Waals surface area contributed by atoms with E-state index in [0.717, 1.165) is 13.1 Å². The summed E-state index contributed by atoms with van der Waals surface area (Å²) in [5.74, 6) is 0. The zero-order valence-electron chi connectivity index (χ0n) is 7.54. The number of hydrogen-bond donors (Lipinski definition) is 0. The SMILES string of the molecule is CCN(CC)CC(P)(C#N)C#N. The summed E-state index contributed by atoms with van der Waals surface area (Å²) in [6.45, 7) is 6.27. The van der Waals surface area contributed by atoms with Gasteiger partial charge in [-0.2, -0.15) is 10.5 Å². The minimum atomic E-state index is -0.938. The van der Waals surface area contributed by atoms with E-state index in [1.165, 1.54) is 0 Å². The summed E-state index contributed by atoms with van der Waals surface area (Å²) in [5.41, 5.74) is 0. The highest BCUT2D eigenvalue weighted by Crippen LogP contribution is 2.17. The average Bonchev–Trinajstić information content (AvgIpc) is 2.14. The Morgan fingerprint density at radius 1 is 1.25 bits per heavy atom. The molecule has 0 saturated heterocycles. The molecule has 0 heterocycles. The first-order valence-electron chi connectivity index (χ1n) is 3.95. The molecular formula is C8H14N3P. The first-order chi connectivity index (χ1) is 5.61. The van der Waals surface area contributed by atoms with Crippen LogP contribution in [0.25, 0.3) is 0 Å². The Labute approximate surface area is 76.2 Å². The lowest BCUT2D eigenvalue weighted by Crippen LogP contribution is -2.36. The Bertz CT molecular complexity index is 195. The van der Waals surface area contributed by atoms with Crippen molar-refractivity contribution < 1.29 is 0 Å². The van der Waals surface area contributed by atoms with Crippen LogP contribution in [0.3, 0.4) is 0 Å². The molecule has 0 aliphatic rings. The van der Waals surface area contributed by atoms with Crippen molar-refractivity contribution in [2.75, 3.05) is 19.6 Å². The highest BCUT2D eigenvalue weighted by Gasteiger charge is 2.25. The molecule has 0 aliphatic carbocycles. The summed E-state index contributed by atoms with van der Waals surface area (Å²) in [6.07, 6.45) is 0. The molecule has 0 aromatic carbocycles. The predicted molar refractivity (Wildman–Crippen MR) is 51.5 cm³/mol. The quantitative estimate of drug-likeness (QED) is 0.611. The van der Waals surface area contributed by atoms with Gasteiger partial charge in [-0.25, -0.2) is 0 Å². The molecule has 66 valence electrons. The van der Waals surface area contributed by atoms with E-state index >= 15 is 0 Å². The molecular weight excluding hydrogens is 169 g/mol. The maximum atomic E-state index is 8.71. The summed E-state index contributed by atoms with van der Waals surface area (Å²) < 4.78 is 0. The second-order valence-electron chi connectivity index (χ2n) is 2.66. The third-order valence-corrected chi connectivity index (χ3v) is 2.21. The zero-order valence-corrected chi connectivity index (χ0v) is 8.70. The van der Waals surface area contributed by atoms with Crippen LogP contribution in [0.1, 0.15) is 13.8 Å². The van der Waals surface area contributed by atoms with Gasteiger partial charge in [-0.1, -0.05) is 23.1 Å². The van der Waals surface area contributed by atoms with Crippen LogP contribution in [0.15, 0.2) is 0 Å². The van der Waals surface area contributed by atoms with Gasteiger partial charge in [0, 0.05) is 6.54 Å². The molecule has 0 amide bonds. The second-order valence-corrected chi connectivity index (χ2v) is 3.64. The Hall–Kier alpha value is -0.630. The van der Waals surface area contributed by atoms with Crippen LogP contribution in [0.4, 0.5) is 0 Å². The monoisotopic (exact) mass is 183 g/mol. The molecule has 0 rings (SSSR count). The van der Waals surface area contributed by atoms with Crippen LogP contribution in [-0.2, 0) is 0 Å². The summed E-state index contributed by atoms with van der Waals surface area (Å²) in [6, 6.07) is 3.97. The van der Waals surface area contributed by atoms with Gasteiger partial charge >= 0.3 is 0 Å². The van der Waals surface area contributed by atoms with E-state index in [-0.39, 0.29) is 0 Å². The van der Waals surface area contributed by atoms with Gasteiger partial charge in [0.05, 0.1) is 12.1 Å². The van der Waals surface area contributed by atoms with Crippen LogP contribution in [0.2, 0.25) is 0 Å². The molecule has 1 unspecified atom stereocenters. The zero-order chi connectivity index (χ0) is 9.61. The fourth-order valence-corrected chi connectivity index (χ4v) is 1.15. The molecule has 0 bridgehead atoms. The van der Waals surface area contributed by atoms with Gasteiger partial charge in [0.2, 0.25) is 0 Å². The maximum absolute atomic E-state index is 8.71. The number of nitrogens with zero attached hydrogens (tertiary/aromatic N) is 3. The molecule has 3 nitrogen and oxygen atoms in total. The highest BCUT2D eigenvalue weighted by atomic mass is 31.0. The van der Waals surface area contributed by atoms with Gasteiger partial charge in [-0.15, -0.1) is 0 Å². The van der Waals surface area contributed by atoms with Gasteiger partial charge in [-0.05, 0) is 13.1 Å². The first kappa shape index (κ1) is 11.4. The lowest BCUT2D eigenvalue weighted by Gasteiger charge is -2.23. The Balaban J connectivity index is 4.23. The van der Waals surface area contributed by atoms with Crippen molar-refractivity contribution in [3.63, 3.8) is 0 Å². The average molecular weight is 183 g/mol. The molecule has 1 atom stereocenters. The van der Waals surface area contributed by atoms with E-state index in [0.29, 0.717) is 6.54 Å². The van der Waals surface area contributed by atoms with Crippen LogP contribution in [0.5, 0.6) is 0 Å². The second kappa shape index (κ2) is 5.09. The molecule has 0 spiro atoms. The fraction of sp³-hybridized carbons (Fsp3) is 0.750. The van der Waals surface area contributed by atoms with Crippen LogP contribution in [0, 0.1) is 22.7 Å². The van der Waals surface area contributed by atoms with E-state index in [9.17, 15) is 0 Å². The largest absolute Gasteiger partial charge is 0.301 e. The minimum Gasteiger partial charge on any atom is -0.301 e. The van der Waals surface area contributed by atoms with E-state index in [1.807, 2.05) is 26.0 Å². The Morgan fingerprint density at radius 3 is 1.92 bits per heavy atom. The predicted octanol–water partition coefficient (Wildman–Crippen LogP) is 0.989. The molecule has 0 saturated carbocycles. The van der Waals surface area contributed by atoms with E-state index in [2.05, 4.69) is 14.1 Å². The molecule has 0 fully saturated rings. The van der Waals surface area contributed by atoms with Crippen molar-refractivity contribution in [2.45, 2.75) is 19.0 Å². The Kier molecular flexibility index (Phi) is 4.83. The molecule has 0 aromatic heterocycles. The third-order valence-electron chi connectivity index (χ3n) is 1.77. The van der Waals surface area contributed by atoms with Crippen molar-refractivity contribution in [1.82, 2.24) is 4.90 Å². The van der Waals surface area contributed by atoms with Crippen molar-refractivity contribution in [3.05, 3.63) is 0 Å². The van der Waals surface area contributed by atoms with E-state index in [1.54, 1.807) is 0 Å². The smallest absolute Gasteiger partial charge is 0.169 e. The van der Waals surface area contributed by atoms with Crippen molar-refractivity contribution >= 4 is 9.24 Å². The number of nitriles is 2. The highest BCUT2D eigenvalue weighted by molar-refractivity contribution is 7.20. The topological polar surface area (TPSA) is 50.8 Å². The van der Waals surface area contributed by atoms with Crippen LogP contribution < -0.4 is 0 Å². The van der Waals surface area contributed by atoms with Gasteiger partial charge in [0.15, 0.2) is 5.16 Å². The minimum absolute atomic E-state index is 0.498.